The Morgan fingerprint density at radius 3 is 2.44 bits per heavy atom. The molecule has 0 amide bonds. The Bertz CT molecular complexity index is 336. The van der Waals surface area contributed by atoms with Crippen LogP contribution in [0.5, 0.6) is 5.75 Å². The number of esters is 1. The third kappa shape index (κ3) is 3.84. The van der Waals surface area contributed by atoms with Crippen molar-refractivity contribution in [1.29, 1.82) is 0 Å². The van der Waals surface area contributed by atoms with Crippen LogP contribution in [0.4, 0.5) is 8.78 Å². The molecule has 0 unspecified atom stereocenters. The highest BCUT2D eigenvalue weighted by atomic mass is 19.3. The number of halogens is 2. The van der Waals surface area contributed by atoms with Crippen molar-refractivity contribution < 1.29 is 23.0 Å². The molecule has 88 valence electrons. The van der Waals surface area contributed by atoms with E-state index in [1.807, 2.05) is 0 Å². The lowest BCUT2D eigenvalue weighted by Gasteiger charge is -2.06. The van der Waals surface area contributed by atoms with E-state index in [0.717, 1.165) is 0 Å². The normalized spacial score (nSPS) is 10.2. The van der Waals surface area contributed by atoms with Gasteiger partial charge in [-0.05, 0) is 31.2 Å². The second-order valence-electron chi connectivity index (χ2n) is 2.95. The van der Waals surface area contributed by atoms with Gasteiger partial charge in [0.25, 0.3) is 6.43 Å². The summed E-state index contributed by atoms with van der Waals surface area (Å²) in [5.74, 6) is -0.142. The number of carbonyl (C=O) groups excluding carboxylic acids is 1. The lowest BCUT2D eigenvalue weighted by molar-refractivity contribution is 0.0526. The zero-order chi connectivity index (χ0) is 12.0. The molecule has 0 fully saturated rings. The molecule has 1 aromatic rings. The molecule has 0 N–H and O–H groups in total. The number of benzene rings is 1. The minimum absolute atomic E-state index is 0.294. The van der Waals surface area contributed by atoms with E-state index in [1.54, 1.807) is 6.92 Å². The summed E-state index contributed by atoms with van der Waals surface area (Å²) in [6.07, 6.45) is -2.51. The zero-order valence-corrected chi connectivity index (χ0v) is 8.78. The fourth-order valence-corrected chi connectivity index (χ4v) is 1.06. The SMILES string of the molecule is CCOC(=O)c1ccc(OCC(F)F)cc1. The Kier molecular flexibility index (Phi) is 4.69. The van der Waals surface area contributed by atoms with Crippen molar-refractivity contribution in [3.05, 3.63) is 29.8 Å². The highest BCUT2D eigenvalue weighted by Crippen LogP contribution is 2.13. The summed E-state index contributed by atoms with van der Waals surface area (Å²) in [5.41, 5.74) is 0.367. The summed E-state index contributed by atoms with van der Waals surface area (Å²) >= 11 is 0. The van der Waals surface area contributed by atoms with Crippen LogP contribution in [0.1, 0.15) is 17.3 Å². The van der Waals surface area contributed by atoms with Crippen molar-refractivity contribution in [2.75, 3.05) is 13.2 Å². The summed E-state index contributed by atoms with van der Waals surface area (Å²) in [5, 5.41) is 0. The average molecular weight is 230 g/mol. The van der Waals surface area contributed by atoms with Gasteiger partial charge in [0.05, 0.1) is 12.2 Å². The number of rotatable bonds is 5. The van der Waals surface area contributed by atoms with E-state index in [0.29, 0.717) is 17.9 Å². The van der Waals surface area contributed by atoms with Gasteiger partial charge in [-0.1, -0.05) is 0 Å². The second kappa shape index (κ2) is 6.05. The maximum absolute atomic E-state index is 11.8. The second-order valence-corrected chi connectivity index (χ2v) is 2.95. The molecule has 3 nitrogen and oxygen atoms in total. The maximum atomic E-state index is 11.8. The topological polar surface area (TPSA) is 35.5 Å². The van der Waals surface area contributed by atoms with Crippen LogP contribution in [0.3, 0.4) is 0 Å². The van der Waals surface area contributed by atoms with Crippen molar-refractivity contribution in [2.24, 2.45) is 0 Å². The third-order valence-corrected chi connectivity index (χ3v) is 1.74. The summed E-state index contributed by atoms with van der Waals surface area (Å²) < 4.78 is 33.2. The van der Waals surface area contributed by atoms with Gasteiger partial charge in [-0.3, -0.25) is 0 Å². The van der Waals surface area contributed by atoms with Gasteiger partial charge in [0.2, 0.25) is 0 Å². The van der Waals surface area contributed by atoms with Gasteiger partial charge >= 0.3 is 5.97 Å². The molecule has 0 bridgehead atoms. The first-order valence-corrected chi connectivity index (χ1v) is 4.81. The van der Waals surface area contributed by atoms with Crippen molar-refractivity contribution in [3.63, 3.8) is 0 Å². The van der Waals surface area contributed by atoms with E-state index in [9.17, 15) is 13.6 Å². The predicted octanol–water partition coefficient (Wildman–Crippen LogP) is 2.51. The van der Waals surface area contributed by atoms with Crippen LogP contribution in [0.25, 0.3) is 0 Å². The van der Waals surface area contributed by atoms with Gasteiger partial charge < -0.3 is 9.47 Å². The number of ether oxygens (including phenoxy) is 2. The van der Waals surface area contributed by atoms with Crippen LogP contribution in [0, 0.1) is 0 Å². The Hall–Kier alpha value is -1.65. The first-order chi connectivity index (χ1) is 7.63. The number of alkyl halides is 2. The van der Waals surface area contributed by atoms with Crippen LogP contribution in [-0.2, 0) is 4.74 Å². The number of carbonyl (C=O) groups is 1. The molecule has 0 saturated carbocycles. The van der Waals surface area contributed by atoms with Gasteiger partial charge in [0, 0.05) is 0 Å². The zero-order valence-electron chi connectivity index (χ0n) is 8.78. The van der Waals surface area contributed by atoms with Gasteiger partial charge in [0.15, 0.2) is 0 Å². The lowest BCUT2D eigenvalue weighted by Crippen LogP contribution is -2.07. The molecule has 5 heteroatoms. The van der Waals surface area contributed by atoms with E-state index in [2.05, 4.69) is 0 Å². The lowest BCUT2D eigenvalue weighted by atomic mass is 10.2. The summed E-state index contributed by atoms with van der Waals surface area (Å²) in [6, 6.07) is 5.85. The molecular weight excluding hydrogens is 218 g/mol. The number of hydrogen-bond acceptors (Lipinski definition) is 3. The average Bonchev–Trinajstić information content (AvgIpc) is 2.27. The Morgan fingerprint density at radius 2 is 1.94 bits per heavy atom. The summed E-state index contributed by atoms with van der Waals surface area (Å²) in [4.78, 5) is 11.2. The first kappa shape index (κ1) is 12.4. The molecule has 0 spiro atoms. The van der Waals surface area contributed by atoms with E-state index < -0.39 is 19.0 Å². The molecule has 0 aliphatic carbocycles. The predicted molar refractivity (Wildman–Crippen MR) is 53.9 cm³/mol. The fourth-order valence-electron chi connectivity index (χ4n) is 1.06. The van der Waals surface area contributed by atoms with Gasteiger partial charge in [0.1, 0.15) is 12.4 Å². The van der Waals surface area contributed by atoms with Crippen molar-refractivity contribution in [2.45, 2.75) is 13.3 Å². The summed E-state index contributed by atoms with van der Waals surface area (Å²) in [6.45, 7) is 1.35. The summed E-state index contributed by atoms with van der Waals surface area (Å²) in [7, 11) is 0. The largest absolute Gasteiger partial charge is 0.488 e. The molecule has 0 aliphatic heterocycles. The van der Waals surface area contributed by atoms with Crippen molar-refractivity contribution in [1.82, 2.24) is 0 Å². The number of hydrogen-bond donors (Lipinski definition) is 0. The van der Waals surface area contributed by atoms with Crippen molar-refractivity contribution in [3.8, 4) is 5.75 Å². The van der Waals surface area contributed by atoms with Crippen LogP contribution < -0.4 is 4.74 Å². The van der Waals surface area contributed by atoms with Crippen molar-refractivity contribution >= 4 is 5.97 Å². The molecule has 0 aromatic heterocycles. The molecule has 1 aromatic carbocycles. The van der Waals surface area contributed by atoms with E-state index >= 15 is 0 Å². The quantitative estimate of drug-likeness (QED) is 0.729. The highest BCUT2D eigenvalue weighted by molar-refractivity contribution is 5.89. The molecule has 0 atom stereocenters. The van der Waals surface area contributed by atoms with E-state index in [1.165, 1.54) is 24.3 Å². The van der Waals surface area contributed by atoms with Crippen LogP contribution in [-0.4, -0.2) is 25.6 Å². The van der Waals surface area contributed by atoms with Crippen LogP contribution in [0.15, 0.2) is 24.3 Å². The molecule has 0 saturated heterocycles. The molecular formula is C11H12F2O3. The molecule has 0 heterocycles. The van der Waals surface area contributed by atoms with Crippen LogP contribution >= 0.6 is 0 Å². The minimum atomic E-state index is -2.51. The van der Waals surface area contributed by atoms with Gasteiger partial charge in [-0.25, -0.2) is 13.6 Å². The van der Waals surface area contributed by atoms with E-state index in [-0.39, 0.29) is 0 Å². The molecule has 0 radical (unpaired) electrons. The molecule has 1 rings (SSSR count). The highest BCUT2D eigenvalue weighted by Gasteiger charge is 2.07. The molecule has 16 heavy (non-hydrogen) atoms. The molecule has 0 aliphatic rings. The van der Waals surface area contributed by atoms with Gasteiger partial charge in [-0.2, -0.15) is 0 Å². The first-order valence-electron chi connectivity index (χ1n) is 4.81. The Labute approximate surface area is 92.0 Å². The standard InChI is InChI=1S/C11H12F2O3/c1-2-15-11(14)8-3-5-9(6-4-8)16-7-10(12)13/h3-6,10H,2,7H2,1H3. The maximum Gasteiger partial charge on any atom is 0.338 e. The smallest absolute Gasteiger partial charge is 0.338 e. The third-order valence-electron chi connectivity index (χ3n) is 1.74. The monoisotopic (exact) mass is 230 g/mol. The van der Waals surface area contributed by atoms with Crippen LogP contribution in [0.2, 0.25) is 0 Å². The Morgan fingerprint density at radius 1 is 1.31 bits per heavy atom. The fraction of sp³-hybridized carbons (Fsp3) is 0.364. The van der Waals surface area contributed by atoms with E-state index in [4.69, 9.17) is 9.47 Å². The Balaban J connectivity index is 2.57. The minimum Gasteiger partial charge on any atom is -0.488 e. The van der Waals surface area contributed by atoms with Gasteiger partial charge in [-0.15, -0.1) is 0 Å².